The normalized spacial score (nSPS) is 13.7. The van der Waals surface area contributed by atoms with E-state index in [-0.39, 0.29) is 6.61 Å². The number of rotatable bonds is 6. The molecular formula is C12H26O2Si. The van der Waals surface area contributed by atoms with Crippen LogP contribution in [-0.4, -0.2) is 26.6 Å². The van der Waals surface area contributed by atoms with E-state index in [1.165, 1.54) is 0 Å². The summed E-state index contributed by atoms with van der Waals surface area (Å²) in [7, 11) is -1.56. The van der Waals surface area contributed by atoms with Gasteiger partial charge in [0.25, 0.3) is 0 Å². The van der Waals surface area contributed by atoms with Gasteiger partial charge in [-0.3, -0.25) is 0 Å². The molecule has 0 unspecified atom stereocenters. The summed E-state index contributed by atoms with van der Waals surface area (Å²) < 4.78 is 6.00. The van der Waals surface area contributed by atoms with E-state index in [4.69, 9.17) is 9.53 Å². The monoisotopic (exact) mass is 230 g/mol. The smallest absolute Gasteiger partial charge is 0.191 e. The summed E-state index contributed by atoms with van der Waals surface area (Å²) in [6, 6.07) is 0. The molecule has 90 valence electrons. The molecule has 0 rings (SSSR count). The number of hydrogen-bond acceptors (Lipinski definition) is 2. The minimum absolute atomic E-state index is 0.236. The van der Waals surface area contributed by atoms with Gasteiger partial charge in [0.2, 0.25) is 0 Å². The summed E-state index contributed by atoms with van der Waals surface area (Å²) in [6.45, 7) is 12.3. The predicted octanol–water partition coefficient (Wildman–Crippen LogP) is 3.34. The van der Waals surface area contributed by atoms with E-state index >= 15 is 0 Å². The molecule has 0 aromatic rings. The first-order chi connectivity index (χ1) is 6.81. The molecule has 0 bridgehead atoms. The second-order valence-corrected chi connectivity index (χ2v) is 10.2. The Hall–Kier alpha value is -0.123. The maximum absolute atomic E-state index is 8.58. The van der Waals surface area contributed by atoms with Gasteiger partial charge in [0.05, 0.1) is 0 Å². The van der Waals surface area contributed by atoms with Crippen LogP contribution in [0.15, 0.2) is 12.2 Å². The topological polar surface area (TPSA) is 29.5 Å². The molecule has 0 amide bonds. The molecule has 0 aromatic carbocycles. The van der Waals surface area contributed by atoms with Gasteiger partial charge in [0.15, 0.2) is 8.32 Å². The highest BCUT2D eigenvalue weighted by Gasteiger charge is 2.36. The van der Waals surface area contributed by atoms with Gasteiger partial charge < -0.3 is 9.53 Å². The van der Waals surface area contributed by atoms with Crippen molar-refractivity contribution in [2.45, 2.75) is 51.7 Å². The Morgan fingerprint density at radius 1 is 1.13 bits per heavy atom. The van der Waals surface area contributed by atoms with E-state index < -0.39 is 8.32 Å². The number of aliphatic hydroxyl groups is 1. The van der Waals surface area contributed by atoms with Crippen molar-refractivity contribution < 1.29 is 9.53 Å². The molecule has 0 aliphatic heterocycles. The quantitative estimate of drug-likeness (QED) is 0.431. The first-order valence-electron chi connectivity index (χ1n) is 5.71. The Labute approximate surface area is 95.5 Å². The minimum Gasteiger partial charge on any atom is -0.417 e. The van der Waals surface area contributed by atoms with Crippen molar-refractivity contribution >= 4 is 8.32 Å². The zero-order chi connectivity index (χ0) is 11.9. The Kier molecular flexibility index (Phi) is 6.40. The predicted molar refractivity (Wildman–Crippen MR) is 68.6 cm³/mol. The third-order valence-electron chi connectivity index (χ3n) is 3.02. The third-order valence-corrected chi connectivity index (χ3v) is 7.55. The average Bonchev–Trinajstić information content (AvgIpc) is 2.09. The molecule has 3 heteroatoms. The van der Waals surface area contributed by atoms with Crippen LogP contribution < -0.4 is 0 Å². The van der Waals surface area contributed by atoms with Crippen molar-refractivity contribution in [2.24, 2.45) is 0 Å². The minimum atomic E-state index is -1.56. The van der Waals surface area contributed by atoms with Crippen molar-refractivity contribution in [3.63, 3.8) is 0 Å². The van der Waals surface area contributed by atoms with Crippen molar-refractivity contribution in [1.29, 1.82) is 0 Å². The summed E-state index contributed by atoms with van der Waals surface area (Å²) in [4.78, 5) is 0. The molecule has 0 aliphatic carbocycles. The van der Waals surface area contributed by atoms with Crippen LogP contribution in [0.25, 0.3) is 0 Å². The molecule has 0 atom stereocenters. The SMILES string of the molecule is CC(C)(C)[Si](C)(C)OCC/C=C/CCO. The molecule has 0 radical (unpaired) electrons. The highest BCUT2D eigenvalue weighted by atomic mass is 28.4. The van der Waals surface area contributed by atoms with Crippen LogP contribution in [0.2, 0.25) is 18.1 Å². The maximum atomic E-state index is 8.58. The van der Waals surface area contributed by atoms with Crippen molar-refractivity contribution in [3.05, 3.63) is 12.2 Å². The van der Waals surface area contributed by atoms with Gasteiger partial charge in [-0.2, -0.15) is 0 Å². The van der Waals surface area contributed by atoms with Crippen LogP contribution in [-0.2, 0) is 4.43 Å². The zero-order valence-corrected chi connectivity index (χ0v) is 11.8. The molecule has 0 aromatic heterocycles. The number of hydrogen-bond donors (Lipinski definition) is 1. The third kappa shape index (κ3) is 6.13. The van der Waals surface area contributed by atoms with Gasteiger partial charge in [0.1, 0.15) is 0 Å². The molecule has 0 saturated carbocycles. The fourth-order valence-electron chi connectivity index (χ4n) is 0.909. The molecule has 0 aliphatic rings. The van der Waals surface area contributed by atoms with Crippen LogP contribution in [0.4, 0.5) is 0 Å². The van der Waals surface area contributed by atoms with Crippen LogP contribution in [0.1, 0.15) is 33.6 Å². The van der Waals surface area contributed by atoms with Crippen LogP contribution >= 0.6 is 0 Å². The molecule has 0 saturated heterocycles. The highest BCUT2D eigenvalue weighted by Crippen LogP contribution is 2.36. The lowest BCUT2D eigenvalue weighted by Gasteiger charge is -2.36. The van der Waals surface area contributed by atoms with Gasteiger partial charge >= 0.3 is 0 Å². The summed E-state index contributed by atoms with van der Waals surface area (Å²) >= 11 is 0. The van der Waals surface area contributed by atoms with E-state index in [1.807, 2.05) is 6.08 Å². The molecule has 0 heterocycles. The molecule has 1 N–H and O–H groups in total. The summed E-state index contributed by atoms with van der Waals surface area (Å²) in [5.41, 5.74) is 0. The molecule has 15 heavy (non-hydrogen) atoms. The molecule has 0 spiro atoms. The first kappa shape index (κ1) is 14.9. The van der Waals surface area contributed by atoms with Gasteiger partial charge in [0, 0.05) is 13.2 Å². The van der Waals surface area contributed by atoms with Gasteiger partial charge in [-0.25, -0.2) is 0 Å². The first-order valence-corrected chi connectivity index (χ1v) is 8.62. The zero-order valence-electron chi connectivity index (χ0n) is 10.8. The fraction of sp³-hybridized carbons (Fsp3) is 0.833. The molecular weight excluding hydrogens is 204 g/mol. The van der Waals surface area contributed by atoms with E-state index in [9.17, 15) is 0 Å². The average molecular weight is 230 g/mol. The second-order valence-electron chi connectivity index (χ2n) is 5.38. The van der Waals surface area contributed by atoms with Crippen LogP contribution in [0.5, 0.6) is 0 Å². The highest BCUT2D eigenvalue weighted by molar-refractivity contribution is 6.74. The summed E-state index contributed by atoms with van der Waals surface area (Å²) in [5.74, 6) is 0. The van der Waals surface area contributed by atoms with E-state index in [1.54, 1.807) is 0 Å². The lowest BCUT2D eigenvalue weighted by molar-refractivity contribution is 0.293. The van der Waals surface area contributed by atoms with Gasteiger partial charge in [-0.1, -0.05) is 32.9 Å². The van der Waals surface area contributed by atoms with Crippen molar-refractivity contribution in [3.8, 4) is 0 Å². The number of aliphatic hydroxyl groups excluding tert-OH is 1. The Balaban J connectivity index is 3.76. The van der Waals surface area contributed by atoms with E-state index in [2.05, 4.69) is 39.9 Å². The fourth-order valence-corrected chi connectivity index (χ4v) is 1.97. The van der Waals surface area contributed by atoms with Crippen molar-refractivity contribution in [2.75, 3.05) is 13.2 Å². The summed E-state index contributed by atoms with van der Waals surface area (Å²) in [6.07, 6.45) is 5.80. The Morgan fingerprint density at radius 3 is 2.13 bits per heavy atom. The largest absolute Gasteiger partial charge is 0.417 e. The Morgan fingerprint density at radius 2 is 1.67 bits per heavy atom. The second kappa shape index (κ2) is 6.46. The van der Waals surface area contributed by atoms with Crippen molar-refractivity contribution in [1.82, 2.24) is 0 Å². The lowest BCUT2D eigenvalue weighted by Crippen LogP contribution is -2.40. The molecule has 2 nitrogen and oxygen atoms in total. The lowest BCUT2D eigenvalue weighted by atomic mass is 10.2. The van der Waals surface area contributed by atoms with Crippen LogP contribution in [0, 0.1) is 0 Å². The van der Waals surface area contributed by atoms with E-state index in [0.717, 1.165) is 19.4 Å². The van der Waals surface area contributed by atoms with Gasteiger partial charge in [-0.05, 0) is 31.0 Å². The van der Waals surface area contributed by atoms with Gasteiger partial charge in [-0.15, -0.1) is 0 Å². The van der Waals surface area contributed by atoms with Crippen LogP contribution in [0.3, 0.4) is 0 Å². The maximum Gasteiger partial charge on any atom is 0.191 e. The molecule has 0 fully saturated rings. The Bertz CT molecular complexity index is 192. The standard InChI is InChI=1S/C12H26O2Si/c1-12(2,3)15(4,5)14-11-9-7-6-8-10-13/h6-7,13H,8-11H2,1-5H3/b7-6+. The summed E-state index contributed by atoms with van der Waals surface area (Å²) in [5, 5.41) is 8.88. The van der Waals surface area contributed by atoms with E-state index in [0.29, 0.717) is 5.04 Å².